The maximum atomic E-state index is 12.6. The van der Waals surface area contributed by atoms with Crippen molar-refractivity contribution < 1.29 is 0 Å². The zero-order valence-electron chi connectivity index (χ0n) is 9.80. The molecular weight excluding hydrogens is 262 g/mol. The molecule has 3 aromatic heterocycles. The van der Waals surface area contributed by atoms with E-state index in [1.54, 1.807) is 30.7 Å². The highest BCUT2D eigenvalue weighted by Gasteiger charge is 2.15. The summed E-state index contributed by atoms with van der Waals surface area (Å²) in [6.45, 7) is 0.617. The van der Waals surface area contributed by atoms with Gasteiger partial charge < -0.3 is 4.57 Å². The lowest BCUT2D eigenvalue weighted by molar-refractivity contribution is 0.806. The maximum Gasteiger partial charge on any atom is 0.211 e. The second-order valence-corrected chi connectivity index (χ2v) is 4.86. The second-order valence-electron chi connectivity index (χ2n) is 4.45. The molecule has 0 amide bonds. The van der Waals surface area contributed by atoms with Crippen LogP contribution in [0.5, 0.6) is 0 Å². The lowest BCUT2D eigenvalue weighted by Gasteiger charge is -2.15. The SMILES string of the molecule is O=c1c2n(c3cncc4nccc1c43)CC=CC=2Cl. The normalized spacial score (nSPS) is 14.3. The van der Waals surface area contributed by atoms with Crippen molar-refractivity contribution in [3.63, 3.8) is 0 Å². The number of fused-ring (bicyclic) bond motifs is 2. The first kappa shape index (κ1) is 10.7. The molecule has 0 unspecified atom stereocenters. The summed E-state index contributed by atoms with van der Waals surface area (Å²) in [6, 6.07) is 1.74. The van der Waals surface area contributed by atoms with Gasteiger partial charge in [0.2, 0.25) is 5.43 Å². The molecule has 0 saturated heterocycles. The van der Waals surface area contributed by atoms with Crippen LogP contribution < -0.4 is 10.8 Å². The number of nitrogens with zero attached hydrogens (tertiary/aromatic N) is 3. The van der Waals surface area contributed by atoms with Gasteiger partial charge >= 0.3 is 0 Å². The van der Waals surface area contributed by atoms with E-state index in [0.717, 1.165) is 16.4 Å². The van der Waals surface area contributed by atoms with E-state index in [1.165, 1.54) is 0 Å². The number of allylic oxidation sites excluding steroid dienone is 2. The first-order valence-corrected chi connectivity index (χ1v) is 6.26. The van der Waals surface area contributed by atoms with Gasteiger partial charge in [0.1, 0.15) is 5.35 Å². The molecular formula is C14H8ClN3O. The van der Waals surface area contributed by atoms with E-state index in [0.29, 0.717) is 22.3 Å². The van der Waals surface area contributed by atoms with Crippen molar-refractivity contribution in [2.45, 2.75) is 6.54 Å². The average molecular weight is 270 g/mol. The van der Waals surface area contributed by atoms with Gasteiger partial charge in [-0.2, -0.15) is 0 Å². The molecule has 0 fully saturated rings. The predicted molar refractivity (Wildman–Crippen MR) is 74.9 cm³/mol. The standard InChI is InChI=1S/C14H8ClN3O/c15-9-2-1-5-18-11-7-16-6-10-12(11)8(3-4-17-10)14(19)13(9)18/h1-4,6-7H,5H2. The minimum Gasteiger partial charge on any atom is -0.331 e. The van der Waals surface area contributed by atoms with Crippen LogP contribution in [0.1, 0.15) is 0 Å². The van der Waals surface area contributed by atoms with Crippen molar-refractivity contribution in [3.8, 4) is 0 Å². The molecule has 0 aromatic carbocycles. The molecule has 0 atom stereocenters. The van der Waals surface area contributed by atoms with Gasteiger partial charge in [0, 0.05) is 23.5 Å². The summed E-state index contributed by atoms with van der Waals surface area (Å²) in [7, 11) is 0. The van der Waals surface area contributed by atoms with Crippen molar-refractivity contribution in [3.05, 3.63) is 52.4 Å². The van der Waals surface area contributed by atoms with E-state index in [1.807, 2.05) is 10.6 Å². The Balaban J connectivity index is 2.47. The molecule has 1 aliphatic rings. The minimum atomic E-state index is -0.0551. The summed E-state index contributed by atoms with van der Waals surface area (Å²) in [5, 5.41) is 2.49. The van der Waals surface area contributed by atoms with Crippen LogP contribution in [0.15, 0.2) is 41.6 Å². The second kappa shape index (κ2) is 3.65. The van der Waals surface area contributed by atoms with Gasteiger partial charge in [-0.25, -0.2) is 0 Å². The van der Waals surface area contributed by atoms with Crippen LogP contribution in [0, 0.1) is 0 Å². The molecule has 19 heavy (non-hydrogen) atoms. The Morgan fingerprint density at radius 2 is 2.21 bits per heavy atom. The first-order valence-electron chi connectivity index (χ1n) is 5.88. The maximum absolute atomic E-state index is 12.6. The number of rotatable bonds is 0. The van der Waals surface area contributed by atoms with E-state index < -0.39 is 0 Å². The van der Waals surface area contributed by atoms with Crippen molar-refractivity contribution in [1.29, 1.82) is 0 Å². The number of pyridine rings is 3. The van der Waals surface area contributed by atoms with Crippen LogP contribution in [-0.4, -0.2) is 14.5 Å². The fraction of sp³-hybridized carbons (Fsp3) is 0.0714. The zero-order valence-corrected chi connectivity index (χ0v) is 10.6. The molecule has 0 radical (unpaired) electrons. The zero-order chi connectivity index (χ0) is 13.0. The molecule has 4 nitrogen and oxygen atoms in total. The number of hydrogen-bond acceptors (Lipinski definition) is 3. The summed E-state index contributed by atoms with van der Waals surface area (Å²) in [6.07, 6.45) is 8.75. The van der Waals surface area contributed by atoms with Gasteiger partial charge in [-0.15, -0.1) is 0 Å². The Kier molecular flexibility index (Phi) is 2.05. The smallest absolute Gasteiger partial charge is 0.211 e. The highest BCUT2D eigenvalue weighted by molar-refractivity contribution is 6.47. The van der Waals surface area contributed by atoms with Gasteiger partial charge in [-0.3, -0.25) is 14.8 Å². The highest BCUT2D eigenvalue weighted by atomic mass is 35.5. The highest BCUT2D eigenvalue weighted by Crippen LogP contribution is 2.21. The average Bonchev–Trinajstić information content (AvgIpc) is 2.44. The number of aromatic nitrogens is 3. The van der Waals surface area contributed by atoms with Gasteiger partial charge in [0.25, 0.3) is 0 Å². The van der Waals surface area contributed by atoms with Crippen LogP contribution >= 0.6 is 11.6 Å². The van der Waals surface area contributed by atoms with Crippen LogP contribution in [0.25, 0.3) is 26.8 Å². The lowest BCUT2D eigenvalue weighted by Crippen LogP contribution is -2.38. The molecule has 4 rings (SSSR count). The Morgan fingerprint density at radius 1 is 1.32 bits per heavy atom. The third kappa shape index (κ3) is 1.32. The number of halogens is 1. The van der Waals surface area contributed by atoms with E-state index >= 15 is 0 Å². The molecule has 3 aromatic rings. The van der Waals surface area contributed by atoms with E-state index in [2.05, 4.69) is 9.97 Å². The molecule has 0 aliphatic carbocycles. The third-order valence-electron chi connectivity index (χ3n) is 3.43. The Bertz CT molecular complexity index is 966. The molecule has 0 N–H and O–H groups in total. The van der Waals surface area contributed by atoms with Crippen LogP contribution in [0.2, 0.25) is 0 Å². The number of hydrogen-bond donors (Lipinski definition) is 0. The third-order valence-corrected chi connectivity index (χ3v) is 3.73. The van der Waals surface area contributed by atoms with Gasteiger partial charge in [-0.05, 0) is 12.1 Å². The lowest BCUT2D eigenvalue weighted by atomic mass is 10.1. The minimum absolute atomic E-state index is 0.0551. The quantitative estimate of drug-likeness (QED) is 0.623. The van der Waals surface area contributed by atoms with Crippen molar-refractivity contribution >= 4 is 38.4 Å². The molecule has 5 heteroatoms. The van der Waals surface area contributed by atoms with Gasteiger partial charge in [-0.1, -0.05) is 17.7 Å². The Hall–Kier alpha value is -2.20. The largest absolute Gasteiger partial charge is 0.331 e. The fourth-order valence-corrected chi connectivity index (χ4v) is 2.90. The first-order chi connectivity index (χ1) is 9.27. The molecule has 4 heterocycles. The Labute approximate surface area is 112 Å². The van der Waals surface area contributed by atoms with E-state index in [-0.39, 0.29) is 5.43 Å². The summed E-state index contributed by atoms with van der Waals surface area (Å²) in [5.74, 6) is 0. The molecule has 0 bridgehead atoms. The van der Waals surface area contributed by atoms with Crippen LogP contribution in [0.4, 0.5) is 0 Å². The monoisotopic (exact) mass is 269 g/mol. The topological polar surface area (TPSA) is 47.8 Å². The fourth-order valence-electron chi connectivity index (χ4n) is 2.62. The van der Waals surface area contributed by atoms with Crippen LogP contribution in [0.3, 0.4) is 0 Å². The van der Waals surface area contributed by atoms with Crippen molar-refractivity contribution in [2.75, 3.05) is 0 Å². The van der Waals surface area contributed by atoms with Crippen molar-refractivity contribution in [2.24, 2.45) is 0 Å². The molecule has 1 aliphatic heterocycles. The van der Waals surface area contributed by atoms with Crippen molar-refractivity contribution in [1.82, 2.24) is 14.5 Å². The molecule has 0 saturated carbocycles. The van der Waals surface area contributed by atoms with Crippen LogP contribution in [-0.2, 0) is 6.54 Å². The Morgan fingerprint density at radius 3 is 3.11 bits per heavy atom. The predicted octanol–water partition coefficient (Wildman–Crippen LogP) is 1.58. The molecule has 92 valence electrons. The van der Waals surface area contributed by atoms with Gasteiger partial charge in [0.05, 0.1) is 28.5 Å². The summed E-state index contributed by atoms with van der Waals surface area (Å²) >= 11 is 6.18. The van der Waals surface area contributed by atoms with E-state index in [9.17, 15) is 4.79 Å². The van der Waals surface area contributed by atoms with E-state index in [4.69, 9.17) is 11.6 Å². The van der Waals surface area contributed by atoms with Gasteiger partial charge in [0.15, 0.2) is 0 Å². The summed E-state index contributed by atoms with van der Waals surface area (Å²) in [4.78, 5) is 21.0. The molecule has 0 spiro atoms. The summed E-state index contributed by atoms with van der Waals surface area (Å²) in [5.41, 5.74) is 1.56. The summed E-state index contributed by atoms with van der Waals surface area (Å²) < 4.78 is 1.90.